The molecule has 0 unspecified atom stereocenters. The van der Waals surface area contributed by atoms with Gasteiger partial charge in [-0.3, -0.25) is 14.9 Å². The van der Waals surface area contributed by atoms with Gasteiger partial charge >= 0.3 is 0 Å². The summed E-state index contributed by atoms with van der Waals surface area (Å²) in [4.78, 5) is 23.5. The van der Waals surface area contributed by atoms with E-state index >= 15 is 0 Å². The molecular weight excluding hydrogens is 232 g/mol. The fourth-order valence-electron chi connectivity index (χ4n) is 2.44. The van der Waals surface area contributed by atoms with Gasteiger partial charge < -0.3 is 4.90 Å². The molecule has 0 bridgehead atoms. The van der Waals surface area contributed by atoms with Crippen LogP contribution in [0.3, 0.4) is 0 Å². The maximum Gasteiger partial charge on any atom is 0.281 e. The largest absolute Gasteiger partial charge is 0.371 e. The van der Waals surface area contributed by atoms with Crippen molar-refractivity contribution in [2.75, 3.05) is 18.0 Å². The van der Waals surface area contributed by atoms with Crippen molar-refractivity contribution in [3.05, 3.63) is 33.4 Å². The molecule has 0 amide bonds. The minimum atomic E-state index is -0.489. The Balaban J connectivity index is 2.43. The first-order valence-corrected chi connectivity index (χ1v) is 6.12. The lowest BCUT2D eigenvalue weighted by Crippen LogP contribution is -2.30. The normalized spacial score (nSPS) is 15.5. The van der Waals surface area contributed by atoms with Crippen molar-refractivity contribution in [2.45, 2.75) is 26.2 Å². The number of nitrogens with zero attached hydrogens (tertiary/aromatic N) is 2. The Morgan fingerprint density at radius 1 is 1.28 bits per heavy atom. The number of benzene rings is 1. The zero-order valence-corrected chi connectivity index (χ0v) is 10.4. The number of hydrogen-bond donors (Lipinski definition) is 0. The molecule has 0 atom stereocenters. The van der Waals surface area contributed by atoms with Crippen LogP contribution < -0.4 is 4.90 Å². The second kappa shape index (κ2) is 5.16. The van der Waals surface area contributed by atoms with E-state index in [-0.39, 0.29) is 11.3 Å². The van der Waals surface area contributed by atoms with E-state index in [1.54, 1.807) is 6.07 Å². The van der Waals surface area contributed by atoms with Crippen LogP contribution in [0.25, 0.3) is 0 Å². The molecule has 0 aliphatic carbocycles. The van der Waals surface area contributed by atoms with Crippen LogP contribution in [-0.2, 0) is 0 Å². The van der Waals surface area contributed by atoms with E-state index in [4.69, 9.17) is 0 Å². The summed E-state index contributed by atoms with van der Waals surface area (Å²) in [5.74, 6) is 0. The van der Waals surface area contributed by atoms with Crippen molar-refractivity contribution in [3.8, 4) is 0 Å². The Bertz CT molecular complexity index is 479. The second-order valence-electron chi connectivity index (χ2n) is 4.62. The van der Waals surface area contributed by atoms with Crippen LogP contribution in [0.4, 0.5) is 11.4 Å². The fourth-order valence-corrected chi connectivity index (χ4v) is 2.44. The number of anilines is 1. The average Bonchev–Trinajstić information content (AvgIpc) is 2.39. The van der Waals surface area contributed by atoms with Crippen LogP contribution in [0.5, 0.6) is 0 Å². The maximum atomic E-state index is 11.0. The van der Waals surface area contributed by atoms with Gasteiger partial charge in [-0.05, 0) is 37.8 Å². The highest BCUT2D eigenvalue weighted by atomic mass is 16.6. The Morgan fingerprint density at radius 3 is 2.50 bits per heavy atom. The van der Waals surface area contributed by atoms with Crippen LogP contribution in [-0.4, -0.2) is 24.3 Å². The summed E-state index contributed by atoms with van der Waals surface area (Å²) in [6, 6.07) is 3.14. The maximum absolute atomic E-state index is 11.0. The molecule has 1 aromatic carbocycles. The number of nitro groups is 1. The molecule has 1 heterocycles. The number of hydrogen-bond acceptors (Lipinski definition) is 4. The number of piperidine rings is 1. The summed E-state index contributed by atoms with van der Waals surface area (Å²) < 4.78 is 0. The predicted molar refractivity (Wildman–Crippen MR) is 69.3 cm³/mol. The number of aryl methyl sites for hydroxylation is 1. The van der Waals surface area contributed by atoms with E-state index in [9.17, 15) is 14.9 Å². The quantitative estimate of drug-likeness (QED) is 0.468. The monoisotopic (exact) mass is 248 g/mol. The van der Waals surface area contributed by atoms with Crippen LogP contribution in [0.1, 0.15) is 35.2 Å². The lowest BCUT2D eigenvalue weighted by Gasteiger charge is -2.30. The molecule has 18 heavy (non-hydrogen) atoms. The van der Waals surface area contributed by atoms with Crippen molar-refractivity contribution >= 4 is 17.7 Å². The molecule has 1 fully saturated rings. The molecule has 1 saturated heterocycles. The highest BCUT2D eigenvalue weighted by Crippen LogP contribution is 2.30. The van der Waals surface area contributed by atoms with Gasteiger partial charge in [0, 0.05) is 24.8 Å². The zero-order valence-electron chi connectivity index (χ0n) is 10.4. The van der Waals surface area contributed by atoms with E-state index in [0.717, 1.165) is 37.2 Å². The number of aldehydes is 1. The van der Waals surface area contributed by atoms with Crippen LogP contribution in [0.15, 0.2) is 12.1 Å². The third-order valence-corrected chi connectivity index (χ3v) is 3.37. The molecule has 2 rings (SSSR count). The van der Waals surface area contributed by atoms with Crippen molar-refractivity contribution in [3.63, 3.8) is 0 Å². The average molecular weight is 248 g/mol. The fraction of sp³-hybridized carbons (Fsp3) is 0.462. The van der Waals surface area contributed by atoms with Crippen molar-refractivity contribution < 1.29 is 9.72 Å². The van der Waals surface area contributed by atoms with E-state index in [1.165, 1.54) is 12.5 Å². The van der Waals surface area contributed by atoms with Crippen molar-refractivity contribution in [1.82, 2.24) is 0 Å². The first-order valence-electron chi connectivity index (χ1n) is 6.12. The molecule has 5 heteroatoms. The molecule has 1 aliphatic heterocycles. The Kier molecular flexibility index (Phi) is 3.60. The lowest BCUT2D eigenvalue weighted by atomic mass is 10.0. The van der Waals surface area contributed by atoms with Gasteiger partial charge in [0.15, 0.2) is 6.29 Å². The topological polar surface area (TPSA) is 63.4 Å². The van der Waals surface area contributed by atoms with Gasteiger partial charge in [-0.2, -0.15) is 0 Å². The minimum Gasteiger partial charge on any atom is -0.371 e. The number of carbonyl (C=O) groups is 1. The molecule has 0 saturated carbocycles. The molecule has 1 aromatic rings. The highest BCUT2D eigenvalue weighted by Gasteiger charge is 2.20. The van der Waals surface area contributed by atoms with Gasteiger partial charge in [0.05, 0.1) is 10.5 Å². The first-order chi connectivity index (χ1) is 8.63. The third-order valence-electron chi connectivity index (χ3n) is 3.37. The van der Waals surface area contributed by atoms with E-state index in [2.05, 4.69) is 4.90 Å². The Labute approximate surface area is 106 Å². The summed E-state index contributed by atoms with van der Waals surface area (Å²) in [5, 5.41) is 11.0. The van der Waals surface area contributed by atoms with E-state index in [1.807, 2.05) is 6.92 Å². The molecule has 0 N–H and O–H groups in total. The molecule has 0 aromatic heterocycles. The standard InChI is InChI=1S/C13H16N2O3/c1-10-7-11(9-16)13(15(17)18)8-12(10)14-5-3-2-4-6-14/h7-9H,2-6H2,1H3. The minimum absolute atomic E-state index is 0.101. The molecule has 96 valence electrons. The summed E-state index contributed by atoms with van der Waals surface area (Å²) in [6.07, 6.45) is 3.99. The molecule has 5 nitrogen and oxygen atoms in total. The SMILES string of the molecule is Cc1cc(C=O)c([N+](=O)[O-])cc1N1CCCCC1. The molecule has 0 spiro atoms. The zero-order chi connectivity index (χ0) is 13.1. The number of nitro benzene ring substituents is 1. The van der Waals surface area contributed by atoms with Crippen LogP contribution >= 0.6 is 0 Å². The summed E-state index contributed by atoms with van der Waals surface area (Å²) in [5.41, 5.74) is 1.85. The molecule has 1 aliphatic rings. The second-order valence-corrected chi connectivity index (χ2v) is 4.62. The molecule has 0 radical (unpaired) electrons. The first kappa shape index (κ1) is 12.5. The lowest BCUT2D eigenvalue weighted by molar-refractivity contribution is -0.385. The molecular formula is C13H16N2O3. The van der Waals surface area contributed by atoms with Crippen LogP contribution in [0, 0.1) is 17.0 Å². The van der Waals surface area contributed by atoms with Crippen molar-refractivity contribution in [1.29, 1.82) is 0 Å². The smallest absolute Gasteiger partial charge is 0.281 e. The van der Waals surface area contributed by atoms with Gasteiger partial charge in [0.2, 0.25) is 0 Å². The number of carbonyl (C=O) groups excluding carboxylic acids is 1. The van der Waals surface area contributed by atoms with Gasteiger partial charge in [0.1, 0.15) is 0 Å². The van der Waals surface area contributed by atoms with E-state index < -0.39 is 4.92 Å². The summed E-state index contributed by atoms with van der Waals surface area (Å²) in [7, 11) is 0. The highest BCUT2D eigenvalue weighted by molar-refractivity contribution is 5.84. The Hall–Kier alpha value is -1.91. The van der Waals surface area contributed by atoms with Gasteiger partial charge in [-0.1, -0.05) is 0 Å². The van der Waals surface area contributed by atoms with Gasteiger partial charge in [-0.25, -0.2) is 0 Å². The van der Waals surface area contributed by atoms with Crippen LogP contribution in [0.2, 0.25) is 0 Å². The van der Waals surface area contributed by atoms with Crippen molar-refractivity contribution in [2.24, 2.45) is 0 Å². The van der Waals surface area contributed by atoms with Gasteiger partial charge in [0.25, 0.3) is 5.69 Å². The van der Waals surface area contributed by atoms with E-state index in [0.29, 0.717) is 6.29 Å². The van der Waals surface area contributed by atoms with Gasteiger partial charge in [-0.15, -0.1) is 0 Å². The summed E-state index contributed by atoms with van der Waals surface area (Å²) >= 11 is 0. The predicted octanol–water partition coefficient (Wildman–Crippen LogP) is 2.71. The Morgan fingerprint density at radius 2 is 1.94 bits per heavy atom. The third kappa shape index (κ3) is 2.34. The summed E-state index contributed by atoms with van der Waals surface area (Å²) in [6.45, 7) is 3.75. The number of rotatable bonds is 3.